The minimum absolute atomic E-state index is 0.112. The number of amides is 1. The highest BCUT2D eigenvalue weighted by molar-refractivity contribution is 7.88. The van der Waals surface area contributed by atoms with E-state index in [0.29, 0.717) is 51.0 Å². The van der Waals surface area contributed by atoms with Crippen LogP contribution >= 0.6 is 0 Å². The minimum Gasteiger partial charge on any atom is -0.379 e. The number of hydrogen-bond acceptors (Lipinski definition) is 6. The first-order chi connectivity index (χ1) is 13.9. The second-order valence-corrected chi connectivity index (χ2v) is 10.3. The molecular weight excluding hydrogens is 394 g/mol. The molecule has 1 aromatic heterocycles. The van der Waals surface area contributed by atoms with Crippen molar-refractivity contribution in [3.8, 4) is 0 Å². The molecule has 1 N–H and O–H groups in total. The van der Waals surface area contributed by atoms with Crippen molar-refractivity contribution in [2.45, 2.75) is 37.6 Å². The van der Waals surface area contributed by atoms with Crippen LogP contribution in [0.3, 0.4) is 0 Å². The molecule has 1 aliphatic carbocycles. The van der Waals surface area contributed by atoms with Crippen molar-refractivity contribution in [3.63, 3.8) is 0 Å². The Labute approximate surface area is 172 Å². The SMILES string of the molecule is CS(=O)(=O)N(CCN1CCOCC1)C1CCCN(C(=O)c2cc(C3CC3)[nH]n2)C1. The summed E-state index contributed by atoms with van der Waals surface area (Å²) in [7, 11) is -3.36. The Bertz CT molecular complexity index is 816. The van der Waals surface area contributed by atoms with Crippen molar-refractivity contribution >= 4 is 15.9 Å². The van der Waals surface area contributed by atoms with Crippen molar-refractivity contribution in [1.29, 1.82) is 0 Å². The summed E-state index contributed by atoms with van der Waals surface area (Å²) in [6, 6.07) is 1.67. The van der Waals surface area contributed by atoms with Crippen molar-refractivity contribution in [3.05, 3.63) is 17.5 Å². The maximum Gasteiger partial charge on any atom is 0.274 e. The van der Waals surface area contributed by atoms with E-state index >= 15 is 0 Å². The number of carbonyl (C=O) groups excluding carboxylic acids is 1. The lowest BCUT2D eigenvalue weighted by molar-refractivity contribution is 0.0334. The molecule has 2 aliphatic heterocycles. The average Bonchev–Trinajstić information content (AvgIpc) is 3.44. The van der Waals surface area contributed by atoms with E-state index in [2.05, 4.69) is 15.1 Å². The van der Waals surface area contributed by atoms with Crippen LogP contribution < -0.4 is 0 Å². The molecule has 162 valence electrons. The number of ether oxygens (including phenoxy) is 1. The third-order valence-electron chi connectivity index (χ3n) is 6.09. The van der Waals surface area contributed by atoms with Gasteiger partial charge in [0.1, 0.15) is 5.69 Å². The number of nitrogens with one attached hydrogen (secondary N) is 1. The average molecular weight is 426 g/mol. The lowest BCUT2D eigenvalue weighted by Crippen LogP contribution is -2.53. The number of nitrogens with zero attached hydrogens (tertiary/aromatic N) is 4. The highest BCUT2D eigenvalue weighted by Gasteiger charge is 2.34. The van der Waals surface area contributed by atoms with Gasteiger partial charge in [-0.05, 0) is 31.7 Å². The molecule has 0 aromatic carbocycles. The fourth-order valence-electron chi connectivity index (χ4n) is 4.27. The van der Waals surface area contributed by atoms with Crippen LogP contribution in [0.2, 0.25) is 0 Å². The van der Waals surface area contributed by atoms with E-state index in [4.69, 9.17) is 4.74 Å². The molecule has 29 heavy (non-hydrogen) atoms. The molecule has 3 fully saturated rings. The predicted octanol–water partition coefficient (Wildman–Crippen LogP) is 0.486. The molecule has 4 rings (SSSR count). The molecule has 0 spiro atoms. The van der Waals surface area contributed by atoms with Gasteiger partial charge in [0.15, 0.2) is 0 Å². The van der Waals surface area contributed by atoms with Crippen LogP contribution in [-0.2, 0) is 14.8 Å². The number of aromatic nitrogens is 2. The zero-order valence-electron chi connectivity index (χ0n) is 17.0. The largest absolute Gasteiger partial charge is 0.379 e. The molecule has 1 amide bonds. The lowest BCUT2D eigenvalue weighted by atomic mass is 10.1. The summed E-state index contributed by atoms with van der Waals surface area (Å²) in [5, 5.41) is 7.19. The topological polar surface area (TPSA) is 98.8 Å². The molecule has 0 bridgehead atoms. The number of hydrogen-bond donors (Lipinski definition) is 1. The molecule has 1 aromatic rings. The van der Waals surface area contributed by atoms with Gasteiger partial charge in [-0.15, -0.1) is 0 Å². The summed E-state index contributed by atoms with van der Waals surface area (Å²) in [6.07, 6.45) is 5.12. The monoisotopic (exact) mass is 425 g/mol. The summed E-state index contributed by atoms with van der Waals surface area (Å²) < 4.78 is 31.9. The summed E-state index contributed by atoms with van der Waals surface area (Å²) in [5.74, 6) is 0.401. The molecule has 9 nitrogen and oxygen atoms in total. The van der Waals surface area contributed by atoms with Gasteiger partial charge in [-0.2, -0.15) is 9.40 Å². The quantitative estimate of drug-likeness (QED) is 0.683. The number of rotatable bonds is 7. The number of piperidine rings is 1. The van der Waals surface area contributed by atoms with Crippen molar-refractivity contribution in [2.75, 3.05) is 58.7 Å². The molecule has 10 heteroatoms. The maximum atomic E-state index is 12.9. The van der Waals surface area contributed by atoms with Gasteiger partial charge in [-0.3, -0.25) is 14.8 Å². The zero-order chi connectivity index (χ0) is 20.4. The van der Waals surface area contributed by atoms with Gasteiger partial charge >= 0.3 is 0 Å². The first-order valence-electron chi connectivity index (χ1n) is 10.5. The number of sulfonamides is 1. The Morgan fingerprint density at radius 3 is 2.72 bits per heavy atom. The van der Waals surface area contributed by atoms with Crippen LogP contribution in [0, 0.1) is 0 Å². The molecule has 0 radical (unpaired) electrons. The van der Waals surface area contributed by atoms with Crippen LogP contribution in [0.5, 0.6) is 0 Å². The number of morpholine rings is 1. The van der Waals surface area contributed by atoms with Gasteiger partial charge < -0.3 is 9.64 Å². The molecule has 3 heterocycles. The fraction of sp³-hybridized carbons (Fsp3) is 0.789. The zero-order valence-corrected chi connectivity index (χ0v) is 17.9. The van der Waals surface area contributed by atoms with Crippen molar-refractivity contribution in [2.24, 2.45) is 0 Å². The van der Waals surface area contributed by atoms with Crippen LogP contribution in [0.4, 0.5) is 0 Å². The first-order valence-corrected chi connectivity index (χ1v) is 12.4. The smallest absolute Gasteiger partial charge is 0.274 e. The second-order valence-electron chi connectivity index (χ2n) is 8.36. The Balaban J connectivity index is 1.40. The minimum atomic E-state index is -3.36. The summed E-state index contributed by atoms with van der Waals surface area (Å²) in [4.78, 5) is 16.9. The van der Waals surface area contributed by atoms with Crippen LogP contribution in [-0.4, -0.2) is 103 Å². The van der Waals surface area contributed by atoms with Gasteiger partial charge in [-0.25, -0.2) is 8.42 Å². The number of likely N-dealkylation sites (tertiary alicyclic amines) is 1. The lowest BCUT2D eigenvalue weighted by Gasteiger charge is -2.39. The summed E-state index contributed by atoms with van der Waals surface area (Å²) in [5.41, 5.74) is 1.47. The summed E-state index contributed by atoms with van der Waals surface area (Å²) in [6.45, 7) is 5.23. The van der Waals surface area contributed by atoms with Gasteiger partial charge in [-0.1, -0.05) is 0 Å². The number of H-pyrrole nitrogens is 1. The molecular formula is C19H31N5O4S. The summed E-state index contributed by atoms with van der Waals surface area (Å²) >= 11 is 0. The van der Waals surface area contributed by atoms with E-state index in [1.165, 1.54) is 6.26 Å². The van der Waals surface area contributed by atoms with Gasteiger partial charge in [0, 0.05) is 56.9 Å². The Morgan fingerprint density at radius 1 is 1.28 bits per heavy atom. The highest BCUT2D eigenvalue weighted by atomic mass is 32.2. The van der Waals surface area contributed by atoms with Crippen molar-refractivity contribution in [1.82, 2.24) is 24.3 Å². The third-order valence-corrected chi connectivity index (χ3v) is 7.42. The predicted molar refractivity (Wildman–Crippen MR) is 108 cm³/mol. The molecule has 3 aliphatic rings. The van der Waals surface area contributed by atoms with Crippen molar-refractivity contribution < 1.29 is 17.9 Å². The van der Waals surface area contributed by atoms with Gasteiger partial charge in [0.25, 0.3) is 5.91 Å². The standard InChI is InChI=1S/C19H31N5O4S/c1-29(26,27)24(8-7-22-9-11-28-12-10-22)16-3-2-6-23(14-16)19(25)18-13-17(20-21-18)15-4-5-15/h13,15-16H,2-12,14H2,1H3,(H,20,21). The Morgan fingerprint density at radius 2 is 2.03 bits per heavy atom. The molecule has 1 atom stereocenters. The van der Waals surface area contributed by atoms with Crippen LogP contribution in [0.15, 0.2) is 6.07 Å². The Hall–Kier alpha value is -1.49. The number of aromatic amines is 1. The van der Waals surface area contributed by atoms with Gasteiger partial charge in [0.2, 0.25) is 10.0 Å². The normalized spacial score (nSPS) is 24.2. The maximum absolute atomic E-state index is 12.9. The fourth-order valence-corrected chi connectivity index (χ4v) is 5.40. The Kier molecular flexibility index (Phi) is 6.24. The molecule has 2 saturated heterocycles. The van der Waals surface area contributed by atoms with Crippen LogP contribution in [0.25, 0.3) is 0 Å². The van der Waals surface area contributed by atoms with E-state index in [1.54, 1.807) is 9.21 Å². The van der Waals surface area contributed by atoms with E-state index in [0.717, 1.165) is 44.5 Å². The molecule has 1 unspecified atom stereocenters. The molecule has 1 saturated carbocycles. The van der Waals surface area contributed by atoms with E-state index in [1.807, 2.05) is 6.07 Å². The van der Waals surface area contributed by atoms with Crippen LogP contribution in [0.1, 0.15) is 47.8 Å². The first kappa shape index (κ1) is 20.8. The highest BCUT2D eigenvalue weighted by Crippen LogP contribution is 2.39. The van der Waals surface area contributed by atoms with E-state index < -0.39 is 10.0 Å². The third kappa shape index (κ3) is 5.17. The van der Waals surface area contributed by atoms with E-state index in [9.17, 15) is 13.2 Å². The second kappa shape index (κ2) is 8.71. The number of carbonyl (C=O) groups is 1. The van der Waals surface area contributed by atoms with Gasteiger partial charge in [0.05, 0.1) is 19.5 Å². The van der Waals surface area contributed by atoms with E-state index in [-0.39, 0.29) is 11.9 Å².